The van der Waals surface area contributed by atoms with Crippen LogP contribution in [0.25, 0.3) is 22.3 Å². The Hall–Kier alpha value is -3.88. The van der Waals surface area contributed by atoms with Crippen LogP contribution < -0.4 is 9.64 Å². The van der Waals surface area contributed by atoms with Crippen LogP contribution in [0, 0.1) is 0 Å². The average Bonchev–Trinajstić information content (AvgIpc) is 3.37. The molecule has 0 amide bonds. The normalized spacial score (nSPS) is 15.1. The lowest BCUT2D eigenvalue weighted by Crippen LogP contribution is -2.34. The number of Topliss-reactive ketones (excluding diaryl/α,β-unsaturated/α-hetero) is 1. The summed E-state index contributed by atoms with van der Waals surface area (Å²) in [5, 5.41) is 0. The van der Waals surface area contributed by atoms with Crippen LogP contribution in [0.5, 0.6) is 6.01 Å². The zero-order chi connectivity index (χ0) is 26.6. The summed E-state index contributed by atoms with van der Waals surface area (Å²) in [6, 6.07) is 10.2. The molecule has 1 unspecified atom stereocenters. The molecule has 0 spiro atoms. The third-order valence-corrected chi connectivity index (χ3v) is 6.88. The number of hydrogen-bond acceptors (Lipinski definition) is 7. The number of carbonyl (C=O) groups excluding carboxylic acids is 1. The lowest BCUT2D eigenvalue weighted by molar-refractivity contribution is 0.0975. The number of carbonyl (C=O) groups is 1. The van der Waals surface area contributed by atoms with Crippen molar-refractivity contribution in [2.75, 3.05) is 24.6 Å². The molecule has 0 N–H and O–H groups in total. The van der Waals surface area contributed by atoms with E-state index in [9.17, 15) is 9.18 Å². The predicted octanol–water partition coefficient (Wildman–Crippen LogP) is 5.53. The molecular weight excluding hydrogens is 483 g/mol. The number of aryl methyl sites for hydroxylation is 1. The van der Waals surface area contributed by atoms with Crippen LogP contribution in [-0.2, 0) is 7.05 Å². The van der Waals surface area contributed by atoms with Crippen molar-refractivity contribution < 1.29 is 13.9 Å². The van der Waals surface area contributed by atoms with Crippen molar-refractivity contribution in [1.82, 2.24) is 24.5 Å². The van der Waals surface area contributed by atoms with Gasteiger partial charge in [-0.25, -0.2) is 9.37 Å². The van der Waals surface area contributed by atoms with Crippen LogP contribution in [0.3, 0.4) is 0 Å². The van der Waals surface area contributed by atoms with Gasteiger partial charge in [0, 0.05) is 50.6 Å². The number of aromatic nitrogens is 5. The van der Waals surface area contributed by atoms with E-state index in [2.05, 4.69) is 32.0 Å². The van der Waals surface area contributed by atoms with Crippen LogP contribution in [-0.4, -0.2) is 56.2 Å². The number of anilines is 1. The molecule has 3 aromatic heterocycles. The fourth-order valence-corrected chi connectivity index (χ4v) is 4.85. The van der Waals surface area contributed by atoms with Gasteiger partial charge in [0.1, 0.15) is 24.3 Å². The van der Waals surface area contributed by atoms with Gasteiger partial charge in [-0.05, 0) is 55.9 Å². The van der Waals surface area contributed by atoms with Crippen molar-refractivity contribution in [2.45, 2.75) is 51.6 Å². The van der Waals surface area contributed by atoms with Crippen LogP contribution >= 0.6 is 0 Å². The lowest BCUT2D eigenvalue weighted by atomic mass is 9.89. The number of fused-ring (bicyclic) bond motifs is 1. The van der Waals surface area contributed by atoms with E-state index >= 15 is 0 Å². The minimum atomic E-state index is -1.15. The van der Waals surface area contributed by atoms with Gasteiger partial charge < -0.3 is 14.2 Å². The van der Waals surface area contributed by atoms with Gasteiger partial charge in [0.25, 0.3) is 0 Å². The standard InChI is InChI=1S/C29H33FN6O2/c1-4-5-27(37)25-15-28(34-29(33-25)38-18-19(2)30)36-12-9-20(10-13-36)21-6-7-23-24(14-21)32-26(16-31-23)22-8-11-35(3)17-22/h6-8,11,14-17,19-20H,4-5,9-10,12-13,18H2,1-3H3. The van der Waals surface area contributed by atoms with Gasteiger partial charge >= 0.3 is 6.01 Å². The third-order valence-electron chi connectivity index (χ3n) is 6.88. The molecule has 0 aliphatic carbocycles. The van der Waals surface area contributed by atoms with Gasteiger partial charge in [-0.1, -0.05) is 13.0 Å². The molecule has 0 bridgehead atoms. The van der Waals surface area contributed by atoms with E-state index in [1.807, 2.05) is 49.3 Å². The Morgan fingerprint density at radius 2 is 1.95 bits per heavy atom. The van der Waals surface area contributed by atoms with E-state index < -0.39 is 6.17 Å². The van der Waals surface area contributed by atoms with Crippen LogP contribution in [0.1, 0.15) is 61.5 Å². The molecule has 4 heterocycles. The smallest absolute Gasteiger partial charge is 0.319 e. The Morgan fingerprint density at radius 1 is 1.13 bits per heavy atom. The number of alkyl halides is 1. The van der Waals surface area contributed by atoms with Crippen molar-refractivity contribution in [3.05, 3.63) is 60.2 Å². The number of ether oxygens (including phenoxy) is 1. The van der Waals surface area contributed by atoms with Crippen molar-refractivity contribution in [1.29, 1.82) is 0 Å². The third kappa shape index (κ3) is 5.82. The molecule has 1 atom stereocenters. The number of piperidine rings is 1. The van der Waals surface area contributed by atoms with Gasteiger partial charge in [-0.15, -0.1) is 0 Å². The Labute approximate surface area is 221 Å². The van der Waals surface area contributed by atoms with E-state index in [1.165, 1.54) is 12.5 Å². The number of hydrogen-bond donors (Lipinski definition) is 0. The van der Waals surface area contributed by atoms with Gasteiger partial charge in [0.05, 0.1) is 22.9 Å². The maximum absolute atomic E-state index is 13.4. The molecule has 5 rings (SSSR count). The Kier molecular flexibility index (Phi) is 7.62. The number of nitrogens with zero attached hydrogens (tertiary/aromatic N) is 6. The number of ketones is 1. The van der Waals surface area contributed by atoms with Gasteiger partial charge in [0.2, 0.25) is 0 Å². The largest absolute Gasteiger partial charge is 0.460 e. The summed E-state index contributed by atoms with van der Waals surface area (Å²) in [6.07, 6.45) is 7.69. The van der Waals surface area contributed by atoms with Crippen molar-refractivity contribution in [3.63, 3.8) is 0 Å². The maximum Gasteiger partial charge on any atom is 0.319 e. The zero-order valence-corrected chi connectivity index (χ0v) is 22.1. The highest BCUT2D eigenvalue weighted by Gasteiger charge is 2.24. The number of benzene rings is 1. The van der Waals surface area contributed by atoms with Crippen molar-refractivity contribution in [2.24, 2.45) is 7.05 Å². The Balaban J connectivity index is 1.32. The topological polar surface area (TPSA) is 86.0 Å². The highest BCUT2D eigenvalue weighted by Crippen LogP contribution is 2.32. The SMILES string of the molecule is CCCC(=O)c1cc(N2CCC(c3ccc4ncc(-c5ccn(C)c5)nc4c3)CC2)nc(OCC(C)F)n1. The fourth-order valence-electron chi connectivity index (χ4n) is 4.85. The molecule has 1 fully saturated rings. The summed E-state index contributed by atoms with van der Waals surface area (Å²) in [4.78, 5) is 33.0. The summed E-state index contributed by atoms with van der Waals surface area (Å²) in [7, 11) is 1.99. The molecule has 0 saturated carbocycles. The molecule has 4 aromatic rings. The molecule has 0 radical (unpaired) electrons. The first kappa shape index (κ1) is 25.8. The van der Waals surface area contributed by atoms with Gasteiger partial charge in [-0.3, -0.25) is 9.78 Å². The van der Waals surface area contributed by atoms with E-state index in [-0.39, 0.29) is 18.4 Å². The van der Waals surface area contributed by atoms with Gasteiger partial charge in [-0.2, -0.15) is 9.97 Å². The molecule has 9 heteroatoms. The van der Waals surface area contributed by atoms with Gasteiger partial charge in [0.15, 0.2) is 5.78 Å². The van der Waals surface area contributed by atoms with Crippen LogP contribution in [0.2, 0.25) is 0 Å². The van der Waals surface area contributed by atoms with E-state index in [0.29, 0.717) is 23.9 Å². The molecular formula is C29H33FN6O2. The summed E-state index contributed by atoms with van der Waals surface area (Å²) in [6.45, 7) is 4.77. The lowest BCUT2D eigenvalue weighted by Gasteiger charge is -2.33. The molecule has 38 heavy (non-hydrogen) atoms. The minimum Gasteiger partial charge on any atom is -0.460 e. The molecule has 1 aliphatic rings. The van der Waals surface area contributed by atoms with E-state index in [4.69, 9.17) is 9.72 Å². The van der Waals surface area contributed by atoms with Crippen LogP contribution in [0.4, 0.5) is 10.2 Å². The average molecular weight is 517 g/mol. The van der Waals surface area contributed by atoms with Crippen LogP contribution in [0.15, 0.2) is 48.9 Å². The molecule has 1 saturated heterocycles. The molecule has 1 aromatic carbocycles. The van der Waals surface area contributed by atoms with E-state index in [1.54, 1.807) is 6.07 Å². The first-order valence-corrected chi connectivity index (χ1v) is 13.2. The highest BCUT2D eigenvalue weighted by molar-refractivity contribution is 5.94. The summed E-state index contributed by atoms with van der Waals surface area (Å²) >= 11 is 0. The monoisotopic (exact) mass is 516 g/mol. The Bertz CT molecular complexity index is 1430. The summed E-state index contributed by atoms with van der Waals surface area (Å²) in [5.41, 5.74) is 5.26. The molecule has 1 aliphatic heterocycles. The Morgan fingerprint density at radius 3 is 2.66 bits per heavy atom. The van der Waals surface area contributed by atoms with E-state index in [0.717, 1.165) is 54.6 Å². The number of rotatable bonds is 9. The van der Waals surface area contributed by atoms with Crippen molar-refractivity contribution >= 4 is 22.6 Å². The second-order valence-corrected chi connectivity index (χ2v) is 9.99. The van der Waals surface area contributed by atoms with Crippen molar-refractivity contribution in [3.8, 4) is 17.3 Å². The molecule has 198 valence electrons. The maximum atomic E-state index is 13.4. The quantitative estimate of drug-likeness (QED) is 0.270. The fraction of sp³-hybridized carbons (Fsp3) is 0.414. The summed E-state index contributed by atoms with van der Waals surface area (Å²) < 4.78 is 20.8. The zero-order valence-electron chi connectivity index (χ0n) is 22.1. The second kappa shape index (κ2) is 11.2. The first-order chi connectivity index (χ1) is 18.4. The molecule has 8 nitrogen and oxygen atoms in total. The second-order valence-electron chi connectivity index (χ2n) is 9.99. The predicted molar refractivity (Wildman–Crippen MR) is 145 cm³/mol. The first-order valence-electron chi connectivity index (χ1n) is 13.2. The minimum absolute atomic E-state index is 0.0518. The highest BCUT2D eigenvalue weighted by atomic mass is 19.1. The summed E-state index contributed by atoms with van der Waals surface area (Å²) in [5.74, 6) is 0.969. The number of halogens is 1.